The molecular formula is C18H15NO7. The highest BCUT2D eigenvalue weighted by Crippen LogP contribution is 2.28. The third kappa shape index (κ3) is 5.17. The lowest BCUT2D eigenvalue weighted by atomic mass is 10.2. The van der Waals surface area contributed by atoms with E-state index in [-0.39, 0.29) is 22.9 Å². The molecule has 0 saturated carbocycles. The first kappa shape index (κ1) is 18.7. The molecule has 0 atom stereocenters. The highest BCUT2D eigenvalue weighted by molar-refractivity contribution is 5.76. The van der Waals surface area contributed by atoms with E-state index < -0.39 is 16.9 Å². The molecule has 8 heteroatoms. The molecular weight excluding hydrogens is 342 g/mol. The van der Waals surface area contributed by atoms with E-state index in [0.717, 1.165) is 6.26 Å². The number of hydrogen-bond donors (Lipinski definition) is 0. The predicted octanol–water partition coefficient (Wildman–Crippen LogP) is 3.46. The summed E-state index contributed by atoms with van der Waals surface area (Å²) in [5.41, 5.74) is 0.299. The summed E-state index contributed by atoms with van der Waals surface area (Å²) in [6.07, 6.45) is 1.16. The summed E-state index contributed by atoms with van der Waals surface area (Å²) in [6, 6.07) is 11.9. The van der Waals surface area contributed by atoms with Crippen molar-refractivity contribution < 1.29 is 28.7 Å². The molecule has 0 saturated heterocycles. The number of nitro groups is 1. The van der Waals surface area contributed by atoms with E-state index in [1.807, 2.05) is 0 Å². The molecule has 0 bridgehead atoms. The molecule has 2 rings (SSSR count). The van der Waals surface area contributed by atoms with Gasteiger partial charge >= 0.3 is 11.9 Å². The third-order valence-corrected chi connectivity index (χ3v) is 3.01. The Morgan fingerprint density at radius 1 is 0.962 bits per heavy atom. The fourth-order valence-corrected chi connectivity index (χ4v) is 1.96. The van der Waals surface area contributed by atoms with Crippen LogP contribution in [-0.4, -0.2) is 16.9 Å². The van der Waals surface area contributed by atoms with Gasteiger partial charge in [0, 0.05) is 31.5 Å². The van der Waals surface area contributed by atoms with Crippen molar-refractivity contribution in [1.82, 2.24) is 0 Å². The molecule has 0 N–H and O–H groups in total. The SMILES string of the molecule is CC(=O)O/C(=C\Oc1ccccc1OC(C)=O)c1ccc([N+](=O)[O-])cc1. The number of rotatable bonds is 6. The van der Waals surface area contributed by atoms with Crippen LogP contribution in [0.4, 0.5) is 5.69 Å². The van der Waals surface area contributed by atoms with Crippen molar-refractivity contribution in [2.75, 3.05) is 0 Å². The molecule has 0 aliphatic heterocycles. The largest absolute Gasteiger partial charge is 0.457 e. The zero-order valence-electron chi connectivity index (χ0n) is 14.0. The molecule has 0 unspecified atom stereocenters. The van der Waals surface area contributed by atoms with Gasteiger partial charge in [-0.05, 0) is 24.3 Å². The Labute approximate surface area is 148 Å². The van der Waals surface area contributed by atoms with Gasteiger partial charge in [0.1, 0.15) is 6.26 Å². The van der Waals surface area contributed by atoms with Crippen molar-refractivity contribution >= 4 is 23.4 Å². The van der Waals surface area contributed by atoms with Crippen molar-refractivity contribution in [2.24, 2.45) is 0 Å². The maximum absolute atomic E-state index is 11.3. The maximum Gasteiger partial charge on any atom is 0.308 e. The van der Waals surface area contributed by atoms with Gasteiger partial charge in [0.15, 0.2) is 17.3 Å². The van der Waals surface area contributed by atoms with Crippen LogP contribution in [0.15, 0.2) is 54.8 Å². The number of ether oxygens (including phenoxy) is 3. The van der Waals surface area contributed by atoms with Crippen molar-refractivity contribution in [3.05, 3.63) is 70.5 Å². The standard InChI is InChI=1S/C18H15NO7/c1-12(20)25-17-6-4-3-5-16(17)24-11-18(26-13(2)21)14-7-9-15(10-8-14)19(22)23/h3-11H,1-2H3/b18-11-. The number of hydrogen-bond acceptors (Lipinski definition) is 7. The second kappa shape index (κ2) is 8.43. The summed E-state index contributed by atoms with van der Waals surface area (Å²) in [6.45, 7) is 2.47. The lowest BCUT2D eigenvalue weighted by Crippen LogP contribution is -2.03. The average Bonchev–Trinajstić information content (AvgIpc) is 2.59. The lowest BCUT2D eigenvalue weighted by Gasteiger charge is -2.10. The molecule has 134 valence electrons. The highest BCUT2D eigenvalue weighted by atomic mass is 16.6. The van der Waals surface area contributed by atoms with Crippen LogP contribution >= 0.6 is 0 Å². The first-order chi connectivity index (χ1) is 12.4. The van der Waals surface area contributed by atoms with E-state index in [2.05, 4.69) is 0 Å². The molecule has 2 aromatic carbocycles. The summed E-state index contributed by atoms with van der Waals surface area (Å²) >= 11 is 0. The summed E-state index contributed by atoms with van der Waals surface area (Å²) < 4.78 is 15.6. The molecule has 0 amide bonds. The number of carbonyl (C=O) groups excluding carboxylic acids is 2. The molecule has 0 aromatic heterocycles. The third-order valence-electron chi connectivity index (χ3n) is 3.01. The van der Waals surface area contributed by atoms with Gasteiger partial charge in [-0.3, -0.25) is 19.7 Å². The van der Waals surface area contributed by atoms with Crippen molar-refractivity contribution in [3.8, 4) is 11.5 Å². The topological polar surface area (TPSA) is 105 Å². The maximum atomic E-state index is 11.3. The monoisotopic (exact) mass is 357 g/mol. The summed E-state index contributed by atoms with van der Waals surface area (Å²) in [5, 5.41) is 10.7. The van der Waals surface area contributed by atoms with Crippen LogP contribution in [0.2, 0.25) is 0 Å². The fourth-order valence-electron chi connectivity index (χ4n) is 1.96. The van der Waals surface area contributed by atoms with Gasteiger partial charge in [-0.25, -0.2) is 0 Å². The number of benzene rings is 2. The molecule has 26 heavy (non-hydrogen) atoms. The van der Waals surface area contributed by atoms with Crippen molar-refractivity contribution in [3.63, 3.8) is 0 Å². The normalized spacial score (nSPS) is 10.8. The van der Waals surface area contributed by atoms with E-state index in [9.17, 15) is 19.7 Å². The van der Waals surface area contributed by atoms with E-state index in [4.69, 9.17) is 14.2 Å². The quantitative estimate of drug-likeness (QED) is 0.256. The van der Waals surface area contributed by atoms with Gasteiger partial charge < -0.3 is 14.2 Å². The van der Waals surface area contributed by atoms with E-state index in [1.165, 1.54) is 38.1 Å². The van der Waals surface area contributed by atoms with Gasteiger partial charge in [0.2, 0.25) is 0 Å². The van der Waals surface area contributed by atoms with Crippen LogP contribution < -0.4 is 9.47 Å². The highest BCUT2D eigenvalue weighted by Gasteiger charge is 2.12. The fraction of sp³-hybridized carbons (Fsp3) is 0.111. The zero-order valence-corrected chi connectivity index (χ0v) is 14.0. The van der Waals surface area contributed by atoms with Gasteiger partial charge in [-0.15, -0.1) is 0 Å². The molecule has 0 aliphatic carbocycles. The Hall–Kier alpha value is -3.68. The first-order valence-corrected chi connectivity index (χ1v) is 7.44. The Balaban J connectivity index is 2.31. The predicted molar refractivity (Wildman–Crippen MR) is 91.2 cm³/mol. The molecule has 0 fully saturated rings. The number of non-ortho nitro benzene ring substituents is 1. The van der Waals surface area contributed by atoms with E-state index in [0.29, 0.717) is 5.56 Å². The van der Waals surface area contributed by atoms with Crippen molar-refractivity contribution in [1.29, 1.82) is 0 Å². The van der Waals surface area contributed by atoms with Crippen LogP contribution in [0.5, 0.6) is 11.5 Å². The minimum Gasteiger partial charge on any atom is -0.457 e. The summed E-state index contributed by atoms with van der Waals surface area (Å²) in [5.74, 6) is -0.631. The molecule has 0 aliphatic rings. The number of carbonyl (C=O) groups is 2. The molecule has 2 aromatic rings. The molecule has 0 heterocycles. The summed E-state index contributed by atoms with van der Waals surface area (Å²) in [4.78, 5) is 32.7. The number of nitrogens with zero attached hydrogens (tertiary/aromatic N) is 1. The first-order valence-electron chi connectivity index (χ1n) is 7.44. The molecule has 8 nitrogen and oxygen atoms in total. The second-order valence-electron chi connectivity index (χ2n) is 5.04. The van der Waals surface area contributed by atoms with Gasteiger partial charge in [-0.2, -0.15) is 0 Å². The van der Waals surface area contributed by atoms with E-state index in [1.54, 1.807) is 24.3 Å². The van der Waals surface area contributed by atoms with Crippen LogP contribution in [0.1, 0.15) is 19.4 Å². The van der Waals surface area contributed by atoms with Gasteiger partial charge in [0.05, 0.1) is 4.92 Å². The number of para-hydroxylation sites is 2. The smallest absolute Gasteiger partial charge is 0.308 e. The number of esters is 2. The Morgan fingerprint density at radius 3 is 2.12 bits per heavy atom. The van der Waals surface area contributed by atoms with Crippen molar-refractivity contribution in [2.45, 2.75) is 13.8 Å². The van der Waals surface area contributed by atoms with Crippen LogP contribution in [0, 0.1) is 10.1 Å². The van der Waals surface area contributed by atoms with Crippen LogP contribution in [0.3, 0.4) is 0 Å². The minimum atomic E-state index is -0.591. The second-order valence-corrected chi connectivity index (χ2v) is 5.04. The average molecular weight is 357 g/mol. The lowest BCUT2D eigenvalue weighted by molar-refractivity contribution is -0.384. The van der Waals surface area contributed by atoms with Crippen LogP contribution in [0.25, 0.3) is 5.76 Å². The molecule has 0 radical (unpaired) electrons. The Morgan fingerprint density at radius 2 is 1.58 bits per heavy atom. The van der Waals surface area contributed by atoms with Crippen LogP contribution in [-0.2, 0) is 14.3 Å². The minimum absolute atomic E-state index is 0.0463. The molecule has 0 spiro atoms. The zero-order chi connectivity index (χ0) is 19.1. The Bertz CT molecular complexity index is 856. The van der Waals surface area contributed by atoms with E-state index >= 15 is 0 Å². The van der Waals surface area contributed by atoms with Gasteiger partial charge in [-0.1, -0.05) is 12.1 Å². The number of nitro benzene ring substituents is 1. The Kier molecular flexibility index (Phi) is 6.05. The van der Waals surface area contributed by atoms with Gasteiger partial charge in [0.25, 0.3) is 5.69 Å². The summed E-state index contributed by atoms with van der Waals surface area (Å²) in [7, 11) is 0.